The summed E-state index contributed by atoms with van der Waals surface area (Å²) in [6, 6.07) is 20.9. The molecule has 3 heterocycles. The van der Waals surface area contributed by atoms with Gasteiger partial charge in [-0.1, -0.05) is 59.3 Å². The van der Waals surface area contributed by atoms with Crippen LogP contribution in [0.1, 0.15) is 30.0 Å². The third-order valence-corrected chi connectivity index (χ3v) is 6.17. The molecule has 1 unspecified atom stereocenters. The van der Waals surface area contributed by atoms with Gasteiger partial charge in [-0.25, -0.2) is 4.79 Å². The van der Waals surface area contributed by atoms with Gasteiger partial charge in [0.05, 0.1) is 22.2 Å². The van der Waals surface area contributed by atoms with Crippen molar-refractivity contribution < 1.29 is 9.32 Å². The SMILES string of the molecule is CC1=C(c2nc(-c3cccs3)no2)C(c2ccc(C)cc2)NC(=O)N1c1ccccc1. The Morgan fingerprint density at radius 3 is 2.48 bits per heavy atom. The second-order valence-corrected chi connectivity index (χ2v) is 8.31. The van der Waals surface area contributed by atoms with E-state index in [1.165, 1.54) is 0 Å². The second-order valence-electron chi connectivity index (χ2n) is 7.36. The monoisotopic (exact) mass is 428 g/mol. The summed E-state index contributed by atoms with van der Waals surface area (Å²) in [4.78, 5) is 20.4. The third-order valence-electron chi connectivity index (χ3n) is 5.31. The number of amides is 2. The first kappa shape index (κ1) is 19.3. The highest BCUT2D eigenvalue weighted by Crippen LogP contribution is 2.39. The highest BCUT2D eigenvalue weighted by molar-refractivity contribution is 7.13. The first-order valence-corrected chi connectivity index (χ1v) is 10.8. The zero-order chi connectivity index (χ0) is 21.4. The molecule has 2 aromatic carbocycles. The maximum atomic E-state index is 13.1. The lowest BCUT2D eigenvalue weighted by atomic mass is 9.94. The molecule has 0 radical (unpaired) electrons. The predicted molar refractivity (Wildman–Crippen MR) is 122 cm³/mol. The predicted octanol–water partition coefficient (Wildman–Crippen LogP) is 5.81. The Kier molecular flexibility index (Phi) is 4.88. The van der Waals surface area contributed by atoms with Crippen LogP contribution in [0.2, 0.25) is 0 Å². The molecule has 5 rings (SSSR count). The number of anilines is 1. The van der Waals surface area contributed by atoms with E-state index in [2.05, 4.69) is 15.5 Å². The fraction of sp³-hybridized carbons (Fsp3) is 0.125. The summed E-state index contributed by atoms with van der Waals surface area (Å²) in [7, 11) is 0. The van der Waals surface area contributed by atoms with Crippen LogP contribution in [-0.4, -0.2) is 16.2 Å². The molecule has 2 amide bonds. The lowest BCUT2D eigenvalue weighted by molar-refractivity contribution is 0.244. The van der Waals surface area contributed by atoms with E-state index in [1.807, 2.05) is 86.0 Å². The number of para-hydroxylation sites is 1. The number of hydrogen-bond acceptors (Lipinski definition) is 5. The number of thiophene rings is 1. The van der Waals surface area contributed by atoms with Crippen LogP contribution in [0.5, 0.6) is 0 Å². The molecule has 1 atom stereocenters. The van der Waals surface area contributed by atoms with E-state index in [9.17, 15) is 4.79 Å². The molecule has 0 bridgehead atoms. The van der Waals surface area contributed by atoms with Gasteiger partial charge in [0.15, 0.2) is 0 Å². The highest BCUT2D eigenvalue weighted by Gasteiger charge is 2.36. The first-order chi connectivity index (χ1) is 15.1. The van der Waals surface area contributed by atoms with Gasteiger partial charge in [-0.2, -0.15) is 4.98 Å². The summed E-state index contributed by atoms with van der Waals surface area (Å²) in [5, 5.41) is 9.29. The molecule has 154 valence electrons. The van der Waals surface area contributed by atoms with Crippen molar-refractivity contribution in [2.24, 2.45) is 0 Å². The number of benzene rings is 2. The molecule has 0 saturated heterocycles. The van der Waals surface area contributed by atoms with Crippen LogP contribution in [0, 0.1) is 6.92 Å². The van der Waals surface area contributed by atoms with Crippen molar-refractivity contribution in [2.45, 2.75) is 19.9 Å². The molecular weight excluding hydrogens is 408 g/mol. The van der Waals surface area contributed by atoms with Gasteiger partial charge in [-0.3, -0.25) is 4.90 Å². The zero-order valence-electron chi connectivity index (χ0n) is 17.1. The van der Waals surface area contributed by atoms with Crippen LogP contribution in [0.4, 0.5) is 10.5 Å². The Labute approximate surface area is 183 Å². The zero-order valence-corrected chi connectivity index (χ0v) is 17.9. The Hall–Kier alpha value is -3.71. The topological polar surface area (TPSA) is 71.3 Å². The summed E-state index contributed by atoms with van der Waals surface area (Å²) >= 11 is 1.55. The summed E-state index contributed by atoms with van der Waals surface area (Å²) in [6.45, 7) is 3.95. The number of hydrogen-bond donors (Lipinski definition) is 1. The van der Waals surface area contributed by atoms with E-state index >= 15 is 0 Å². The average Bonchev–Trinajstić information content (AvgIpc) is 3.47. The number of nitrogens with one attached hydrogen (secondary N) is 1. The van der Waals surface area contributed by atoms with Crippen molar-refractivity contribution in [1.29, 1.82) is 0 Å². The molecule has 6 nitrogen and oxygen atoms in total. The fourth-order valence-electron chi connectivity index (χ4n) is 3.76. The van der Waals surface area contributed by atoms with Crippen LogP contribution < -0.4 is 10.2 Å². The summed E-state index contributed by atoms with van der Waals surface area (Å²) in [6.07, 6.45) is 0. The van der Waals surface area contributed by atoms with Gasteiger partial charge in [-0.05, 0) is 43.0 Å². The number of aryl methyl sites for hydroxylation is 1. The molecule has 0 spiro atoms. The molecule has 0 aliphatic carbocycles. The van der Waals surface area contributed by atoms with E-state index in [0.717, 1.165) is 33.0 Å². The quantitative estimate of drug-likeness (QED) is 0.445. The van der Waals surface area contributed by atoms with Crippen LogP contribution in [0.3, 0.4) is 0 Å². The molecule has 1 aliphatic heterocycles. The number of rotatable bonds is 4. The van der Waals surface area contributed by atoms with Gasteiger partial charge in [0, 0.05) is 5.70 Å². The lowest BCUT2D eigenvalue weighted by Crippen LogP contribution is -2.46. The minimum atomic E-state index is -0.398. The van der Waals surface area contributed by atoms with Crippen LogP contribution in [0.15, 0.2) is 82.3 Å². The largest absolute Gasteiger partial charge is 0.334 e. The standard InChI is InChI=1S/C24H20N4O2S/c1-15-10-12-17(13-11-15)21-20(23-26-22(27-30-23)19-9-6-14-31-19)16(2)28(24(29)25-21)18-7-4-3-5-8-18/h3-14,21H,1-2H3,(H,25,29). The van der Waals surface area contributed by atoms with Gasteiger partial charge >= 0.3 is 6.03 Å². The molecule has 0 fully saturated rings. The number of aromatic nitrogens is 2. The average molecular weight is 429 g/mol. The maximum Gasteiger partial charge on any atom is 0.326 e. The van der Waals surface area contributed by atoms with Crippen molar-refractivity contribution in [1.82, 2.24) is 15.5 Å². The van der Waals surface area contributed by atoms with E-state index in [-0.39, 0.29) is 6.03 Å². The number of allylic oxidation sites excluding steroid dienone is 1. The van der Waals surface area contributed by atoms with Crippen molar-refractivity contribution in [3.8, 4) is 10.7 Å². The maximum absolute atomic E-state index is 13.1. The Balaban J connectivity index is 1.66. The Morgan fingerprint density at radius 1 is 1.00 bits per heavy atom. The van der Waals surface area contributed by atoms with E-state index in [4.69, 9.17) is 4.52 Å². The van der Waals surface area contributed by atoms with Gasteiger partial charge in [0.1, 0.15) is 0 Å². The summed E-state index contributed by atoms with van der Waals surface area (Å²) < 4.78 is 5.70. The van der Waals surface area contributed by atoms with E-state index < -0.39 is 6.04 Å². The smallest absolute Gasteiger partial charge is 0.326 e. The van der Waals surface area contributed by atoms with Crippen molar-refractivity contribution in [3.05, 3.63) is 94.8 Å². The molecule has 31 heavy (non-hydrogen) atoms. The van der Waals surface area contributed by atoms with Crippen molar-refractivity contribution in [2.75, 3.05) is 4.90 Å². The van der Waals surface area contributed by atoms with Crippen LogP contribution >= 0.6 is 11.3 Å². The number of urea groups is 1. The normalized spacial score (nSPS) is 16.5. The second kappa shape index (κ2) is 7.85. The Bertz CT molecular complexity index is 1240. The van der Waals surface area contributed by atoms with Gasteiger partial charge < -0.3 is 9.84 Å². The molecular formula is C24H20N4O2S. The van der Waals surface area contributed by atoms with E-state index in [1.54, 1.807) is 16.2 Å². The van der Waals surface area contributed by atoms with Crippen LogP contribution in [-0.2, 0) is 0 Å². The molecule has 1 aliphatic rings. The molecule has 0 saturated carbocycles. The number of carbonyl (C=O) groups is 1. The minimum Gasteiger partial charge on any atom is -0.334 e. The van der Waals surface area contributed by atoms with Crippen molar-refractivity contribution in [3.63, 3.8) is 0 Å². The Morgan fingerprint density at radius 2 is 1.77 bits per heavy atom. The highest BCUT2D eigenvalue weighted by atomic mass is 32.1. The lowest BCUT2D eigenvalue weighted by Gasteiger charge is -2.35. The van der Waals surface area contributed by atoms with Gasteiger partial charge in [0.25, 0.3) is 5.89 Å². The first-order valence-electron chi connectivity index (χ1n) is 9.93. The van der Waals surface area contributed by atoms with Gasteiger partial charge in [0.2, 0.25) is 5.82 Å². The third kappa shape index (κ3) is 3.53. The van der Waals surface area contributed by atoms with Gasteiger partial charge in [-0.15, -0.1) is 11.3 Å². The summed E-state index contributed by atoms with van der Waals surface area (Å²) in [5.74, 6) is 0.934. The molecule has 7 heteroatoms. The number of nitrogens with zero attached hydrogens (tertiary/aromatic N) is 3. The minimum absolute atomic E-state index is 0.198. The molecule has 1 N–H and O–H groups in total. The number of carbonyl (C=O) groups excluding carboxylic acids is 1. The molecule has 2 aromatic heterocycles. The van der Waals surface area contributed by atoms with Crippen LogP contribution in [0.25, 0.3) is 16.3 Å². The van der Waals surface area contributed by atoms with E-state index in [0.29, 0.717) is 11.7 Å². The van der Waals surface area contributed by atoms with Crippen molar-refractivity contribution >= 4 is 28.6 Å². The summed E-state index contributed by atoms with van der Waals surface area (Å²) in [5.41, 5.74) is 4.41. The fourth-order valence-corrected chi connectivity index (χ4v) is 4.40. The molecule has 4 aromatic rings.